The molecule has 0 N–H and O–H groups in total. The fourth-order valence-electron chi connectivity index (χ4n) is 10.8. The van der Waals surface area contributed by atoms with Crippen LogP contribution in [-0.2, 0) is 5.41 Å². The van der Waals surface area contributed by atoms with Gasteiger partial charge in [0.1, 0.15) is 0 Å². The first-order valence-corrected chi connectivity index (χ1v) is 22.3. The smallest absolute Gasteiger partial charge is 0.0542 e. The Balaban J connectivity index is 0.998. The molecule has 0 saturated heterocycles. The highest BCUT2D eigenvalue weighted by atomic mass is 15.1. The van der Waals surface area contributed by atoms with Crippen LogP contribution in [0.1, 0.15) is 25.0 Å². The van der Waals surface area contributed by atoms with E-state index in [0.717, 1.165) is 56.4 Å². The lowest BCUT2D eigenvalue weighted by Crippen LogP contribution is -2.16. The Morgan fingerprint density at radius 1 is 0.312 bits per heavy atom. The maximum Gasteiger partial charge on any atom is 0.0542 e. The van der Waals surface area contributed by atoms with Crippen LogP contribution >= 0.6 is 0 Å². The van der Waals surface area contributed by atoms with Crippen LogP contribution in [0.15, 0.2) is 224 Å². The molecule has 8 bridgehead atoms. The van der Waals surface area contributed by atoms with E-state index in [9.17, 15) is 0 Å². The monoisotopic (exact) mass is 817 g/mol. The van der Waals surface area contributed by atoms with E-state index in [4.69, 9.17) is 0 Å². The molecule has 0 saturated carbocycles. The summed E-state index contributed by atoms with van der Waals surface area (Å²) in [4.78, 5) is 4.86. The number of hydrogen-bond acceptors (Lipinski definition) is 2. The number of aromatic nitrogens is 1. The summed E-state index contributed by atoms with van der Waals surface area (Å²) in [6, 6.07) is 83.2. The molecule has 302 valence electrons. The van der Waals surface area contributed by atoms with E-state index in [2.05, 4.69) is 253 Å². The molecule has 64 heavy (non-hydrogen) atoms. The van der Waals surface area contributed by atoms with Crippen LogP contribution in [0, 0.1) is 0 Å². The van der Waals surface area contributed by atoms with Crippen LogP contribution in [-0.4, -0.2) is 4.57 Å². The molecule has 0 unspecified atom stereocenters. The normalized spacial score (nSPS) is 13.5. The van der Waals surface area contributed by atoms with E-state index >= 15 is 0 Å². The van der Waals surface area contributed by atoms with Gasteiger partial charge in [-0.3, -0.25) is 0 Å². The molecular formula is C61H43N3. The zero-order valence-corrected chi connectivity index (χ0v) is 35.7. The van der Waals surface area contributed by atoms with Gasteiger partial charge in [-0.05, 0) is 141 Å². The lowest BCUT2D eigenvalue weighted by Gasteiger charge is -2.29. The molecule has 0 spiro atoms. The Kier molecular flexibility index (Phi) is 7.95. The highest BCUT2D eigenvalue weighted by Gasteiger charge is 2.36. The van der Waals surface area contributed by atoms with Gasteiger partial charge in [0.25, 0.3) is 0 Å². The number of para-hydroxylation sites is 1. The van der Waals surface area contributed by atoms with Crippen molar-refractivity contribution in [2.75, 3.05) is 9.80 Å². The third kappa shape index (κ3) is 5.54. The first-order chi connectivity index (χ1) is 31.5. The van der Waals surface area contributed by atoms with E-state index in [0.29, 0.717) is 0 Å². The van der Waals surface area contributed by atoms with Crippen molar-refractivity contribution in [3.05, 3.63) is 236 Å². The summed E-state index contributed by atoms with van der Waals surface area (Å²) in [5.41, 5.74) is 20.2. The second-order valence-corrected chi connectivity index (χ2v) is 17.8. The Labute approximate surface area is 373 Å². The van der Waals surface area contributed by atoms with Crippen LogP contribution in [0.4, 0.5) is 34.1 Å². The van der Waals surface area contributed by atoms with Gasteiger partial charge in [-0.25, -0.2) is 0 Å². The minimum atomic E-state index is -0.112. The molecule has 1 aliphatic heterocycles. The topological polar surface area (TPSA) is 11.4 Å². The number of hydrogen-bond donors (Lipinski definition) is 0. The fraction of sp³-hybridized carbons (Fsp3) is 0.0492. The van der Waals surface area contributed by atoms with Gasteiger partial charge in [0.05, 0.1) is 16.7 Å². The first-order valence-electron chi connectivity index (χ1n) is 22.3. The second-order valence-electron chi connectivity index (χ2n) is 17.8. The minimum absolute atomic E-state index is 0.112. The highest BCUT2D eigenvalue weighted by Crippen LogP contribution is 2.51. The third-order valence-electron chi connectivity index (χ3n) is 13.8. The van der Waals surface area contributed by atoms with E-state index < -0.39 is 0 Å². The van der Waals surface area contributed by atoms with Gasteiger partial charge in [0.2, 0.25) is 0 Å². The summed E-state index contributed by atoms with van der Waals surface area (Å²) in [5.74, 6) is 0. The first kappa shape index (κ1) is 36.5. The molecule has 3 heteroatoms. The van der Waals surface area contributed by atoms with Gasteiger partial charge >= 0.3 is 0 Å². The third-order valence-corrected chi connectivity index (χ3v) is 13.8. The van der Waals surface area contributed by atoms with Crippen LogP contribution in [0.5, 0.6) is 0 Å². The van der Waals surface area contributed by atoms with Gasteiger partial charge in [-0.15, -0.1) is 0 Å². The molecule has 0 radical (unpaired) electrons. The zero-order valence-electron chi connectivity index (χ0n) is 35.7. The molecular weight excluding hydrogens is 775 g/mol. The van der Waals surface area contributed by atoms with Gasteiger partial charge in [0.15, 0.2) is 0 Å². The number of anilines is 6. The van der Waals surface area contributed by atoms with Crippen LogP contribution in [0.2, 0.25) is 0 Å². The number of benzene rings is 10. The zero-order chi connectivity index (χ0) is 42.5. The lowest BCUT2D eigenvalue weighted by molar-refractivity contribution is 0.660. The lowest BCUT2D eigenvalue weighted by atomic mass is 9.82. The Morgan fingerprint density at radius 3 is 1.44 bits per heavy atom. The van der Waals surface area contributed by atoms with Crippen molar-refractivity contribution in [1.29, 1.82) is 0 Å². The number of rotatable bonds is 3. The molecule has 1 aliphatic carbocycles. The summed E-state index contributed by atoms with van der Waals surface area (Å²) < 4.78 is 2.44. The fourth-order valence-corrected chi connectivity index (χ4v) is 10.8. The van der Waals surface area contributed by atoms with E-state index in [-0.39, 0.29) is 5.41 Å². The maximum atomic E-state index is 2.44. The van der Waals surface area contributed by atoms with Crippen LogP contribution < -0.4 is 9.80 Å². The van der Waals surface area contributed by atoms with Crippen LogP contribution in [0.25, 0.3) is 71.6 Å². The predicted molar refractivity (Wildman–Crippen MR) is 270 cm³/mol. The maximum absolute atomic E-state index is 2.44. The largest absolute Gasteiger partial charge is 0.310 e. The molecule has 2 heterocycles. The molecule has 0 amide bonds. The summed E-state index contributed by atoms with van der Waals surface area (Å²) in [5, 5.41) is 4.91. The number of fused-ring (bicyclic) bond motifs is 17. The Morgan fingerprint density at radius 2 is 0.781 bits per heavy atom. The summed E-state index contributed by atoms with van der Waals surface area (Å²) >= 11 is 0. The average molecular weight is 818 g/mol. The van der Waals surface area contributed by atoms with Crippen molar-refractivity contribution in [3.8, 4) is 39.1 Å². The van der Waals surface area contributed by atoms with Crippen molar-refractivity contribution in [2.24, 2.45) is 0 Å². The van der Waals surface area contributed by atoms with Crippen molar-refractivity contribution in [2.45, 2.75) is 19.3 Å². The molecule has 13 rings (SSSR count). The van der Waals surface area contributed by atoms with Crippen molar-refractivity contribution < 1.29 is 0 Å². The van der Waals surface area contributed by atoms with E-state index in [1.807, 2.05) is 0 Å². The van der Waals surface area contributed by atoms with Crippen molar-refractivity contribution in [3.63, 3.8) is 0 Å². The Hall–Kier alpha value is -8.14. The van der Waals surface area contributed by atoms with Gasteiger partial charge in [-0.2, -0.15) is 0 Å². The summed E-state index contributed by atoms with van der Waals surface area (Å²) in [7, 11) is 0. The molecule has 2 aliphatic rings. The molecule has 0 fully saturated rings. The molecule has 3 nitrogen and oxygen atoms in total. The standard InChI is InChI=1S/C61H43N3/c1-61(2)56-27-7-5-25-52(56)53-32-30-50(39-57(53)61)63-47-22-11-18-43(36-47)41-16-9-20-45(34-41)62(46-21-10-17-42(35-46)44-19-12-23-48(63)37-44)49-31-33-60-55(38-49)54-26-6-8-28-59(54)64(60)58-29-13-15-40-14-3-4-24-51(40)58/h3-39H,1-2H3. The number of nitrogens with zero attached hydrogens (tertiary/aromatic N) is 3. The molecule has 10 aromatic carbocycles. The highest BCUT2D eigenvalue weighted by molar-refractivity contribution is 6.12. The SMILES string of the molecule is CC1(C)c2ccccc2-c2ccc(N3c4cccc(c4)-c4cccc(c4)N(c4ccc5c(c4)c4ccccc4n5-c4cccc5ccccc45)c4cccc(c4)-c4cccc3c4)cc21. The average Bonchev–Trinajstić information content (AvgIpc) is 3.79. The Bertz CT molecular complexity index is 3590. The van der Waals surface area contributed by atoms with Gasteiger partial charge in [0, 0.05) is 55.7 Å². The van der Waals surface area contributed by atoms with E-state index in [1.54, 1.807) is 0 Å². The minimum Gasteiger partial charge on any atom is -0.310 e. The molecule has 11 aromatic rings. The van der Waals surface area contributed by atoms with Crippen LogP contribution in [0.3, 0.4) is 0 Å². The predicted octanol–water partition coefficient (Wildman–Crippen LogP) is 16.8. The van der Waals surface area contributed by atoms with Gasteiger partial charge < -0.3 is 14.4 Å². The molecule has 0 atom stereocenters. The second kappa shape index (κ2) is 13.9. The van der Waals surface area contributed by atoms with Crippen molar-refractivity contribution in [1.82, 2.24) is 4.57 Å². The van der Waals surface area contributed by atoms with E-state index in [1.165, 1.54) is 60.5 Å². The summed E-state index contributed by atoms with van der Waals surface area (Å²) in [6.07, 6.45) is 0. The quantitative estimate of drug-likeness (QED) is 0.176. The van der Waals surface area contributed by atoms with Gasteiger partial charge in [-0.1, -0.05) is 147 Å². The van der Waals surface area contributed by atoms with Crippen molar-refractivity contribution >= 4 is 66.7 Å². The summed E-state index contributed by atoms with van der Waals surface area (Å²) in [6.45, 7) is 4.72. The molecule has 1 aromatic heterocycles.